The van der Waals surface area contributed by atoms with Gasteiger partial charge in [-0.2, -0.15) is 0 Å². The molecule has 0 aromatic heterocycles. The zero-order valence-corrected chi connectivity index (χ0v) is 5.02. The predicted octanol–water partition coefficient (Wildman–Crippen LogP) is -0.582. The number of rotatable bonds is 5. The summed E-state index contributed by atoms with van der Waals surface area (Å²) in [6.07, 6.45) is 0. The summed E-state index contributed by atoms with van der Waals surface area (Å²) in [4.78, 5) is 0. The van der Waals surface area contributed by atoms with Gasteiger partial charge in [0.1, 0.15) is 13.5 Å². The van der Waals surface area contributed by atoms with Crippen LogP contribution in [-0.2, 0) is 9.47 Å². The summed E-state index contributed by atoms with van der Waals surface area (Å²) in [7, 11) is 0. The van der Waals surface area contributed by atoms with E-state index in [0.717, 1.165) is 0 Å². The Morgan fingerprint density at radius 1 is 1.50 bits per heavy atom. The molecule has 4 heteroatoms. The van der Waals surface area contributed by atoms with Crippen LogP contribution in [0.25, 0.3) is 0 Å². The minimum Gasteiger partial charge on any atom is -0.356 e. The second-order valence-electron chi connectivity index (χ2n) is 1.16. The van der Waals surface area contributed by atoms with Gasteiger partial charge in [-0.1, -0.05) is 0 Å². The number of hydrazine groups is 1. The van der Waals surface area contributed by atoms with Gasteiger partial charge < -0.3 is 9.47 Å². The van der Waals surface area contributed by atoms with Crippen molar-refractivity contribution in [2.24, 2.45) is 5.84 Å². The molecule has 0 fully saturated rings. The SMILES string of the molecule is CCOCOCNN. The normalized spacial score (nSPS) is 9.75. The van der Waals surface area contributed by atoms with Crippen LogP contribution in [0.2, 0.25) is 0 Å². The first-order valence-corrected chi connectivity index (χ1v) is 2.50. The van der Waals surface area contributed by atoms with E-state index in [0.29, 0.717) is 20.1 Å². The summed E-state index contributed by atoms with van der Waals surface area (Å²) < 4.78 is 9.58. The summed E-state index contributed by atoms with van der Waals surface area (Å²) in [6.45, 7) is 3.21. The van der Waals surface area contributed by atoms with Gasteiger partial charge in [0.25, 0.3) is 0 Å². The molecule has 0 aliphatic heterocycles. The molecule has 0 bridgehead atoms. The summed E-state index contributed by atoms with van der Waals surface area (Å²) in [5, 5.41) is 0. The highest BCUT2D eigenvalue weighted by Gasteiger charge is 1.79. The third-order valence-corrected chi connectivity index (χ3v) is 0.556. The summed E-state index contributed by atoms with van der Waals surface area (Å²) >= 11 is 0. The third kappa shape index (κ3) is 5.84. The van der Waals surface area contributed by atoms with Crippen LogP contribution in [-0.4, -0.2) is 20.1 Å². The Balaban J connectivity index is 2.53. The highest BCUT2D eigenvalue weighted by molar-refractivity contribution is 4.10. The first-order chi connectivity index (χ1) is 3.91. The van der Waals surface area contributed by atoms with Crippen LogP contribution in [0.1, 0.15) is 6.92 Å². The molecule has 3 N–H and O–H groups in total. The zero-order chi connectivity index (χ0) is 6.24. The van der Waals surface area contributed by atoms with Crippen molar-refractivity contribution < 1.29 is 9.47 Å². The lowest BCUT2D eigenvalue weighted by molar-refractivity contribution is -0.0552. The van der Waals surface area contributed by atoms with E-state index in [4.69, 9.17) is 15.3 Å². The molecule has 0 amide bonds. The number of nitrogens with two attached hydrogens (primary N) is 1. The van der Waals surface area contributed by atoms with Crippen molar-refractivity contribution in [1.82, 2.24) is 5.43 Å². The molecule has 0 aromatic rings. The second kappa shape index (κ2) is 6.84. The largest absolute Gasteiger partial charge is 0.356 e. The van der Waals surface area contributed by atoms with E-state index in [1.807, 2.05) is 6.92 Å². The first-order valence-electron chi connectivity index (χ1n) is 2.50. The lowest BCUT2D eigenvalue weighted by Crippen LogP contribution is -2.25. The van der Waals surface area contributed by atoms with Crippen LogP contribution >= 0.6 is 0 Å². The Morgan fingerprint density at radius 3 is 2.75 bits per heavy atom. The fourth-order valence-electron chi connectivity index (χ4n) is 0.243. The molecule has 0 aliphatic carbocycles. The van der Waals surface area contributed by atoms with Crippen molar-refractivity contribution >= 4 is 0 Å². The molecule has 0 saturated carbocycles. The van der Waals surface area contributed by atoms with E-state index >= 15 is 0 Å². The molecule has 0 saturated heterocycles. The zero-order valence-electron chi connectivity index (χ0n) is 5.02. The maximum atomic E-state index is 4.88. The molecule has 0 aliphatic rings. The van der Waals surface area contributed by atoms with Crippen molar-refractivity contribution in [1.29, 1.82) is 0 Å². The molecule has 0 radical (unpaired) electrons. The molecular weight excluding hydrogens is 108 g/mol. The van der Waals surface area contributed by atoms with Crippen molar-refractivity contribution in [3.05, 3.63) is 0 Å². The highest BCUT2D eigenvalue weighted by atomic mass is 16.7. The monoisotopic (exact) mass is 120 g/mol. The van der Waals surface area contributed by atoms with E-state index in [1.165, 1.54) is 0 Å². The van der Waals surface area contributed by atoms with Gasteiger partial charge in [0, 0.05) is 6.61 Å². The van der Waals surface area contributed by atoms with Crippen LogP contribution < -0.4 is 11.3 Å². The smallest absolute Gasteiger partial charge is 0.148 e. The van der Waals surface area contributed by atoms with Crippen LogP contribution in [0.15, 0.2) is 0 Å². The summed E-state index contributed by atoms with van der Waals surface area (Å²) in [5.74, 6) is 4.88. The fourth-order valence-corrected chi connectivity index (χ4v) is 0.243. The Kier molecular flexibility index (Phi) is 6.70. The number of hydrogen-bond donors (Lipinski definition) is 2. The lowest BCUT2D eigenvalue weighted by atomic mass is 10.9. The molecule has 8 heavy (non-hydrogen) atoms. The van der Waals surface area contributed by atoms with Crippen LogP contribution in [0.4, 0.5) is 0 Å². The first kappa shape index (κ1) is 7.84. The molecule has 0 spiro atoms. The molecular formula is C4H12N2O2. The summed E-state index contributed by atoms with van der Waals surface area (Å²) in [6, 6.07) is 0. The maximum absolute atomic E-state index is 4.88. The number of hydrogen-bond acceptors (Lipinski definition) is 4. The van der Waals surface area contributed by atoms with E-state index in [9.17, 15) is 0 Å². The second-order valence-corrected chi connectivity index (χ2v) is 1.16. The van der Waals surface area contributed by atoms with Gasteiger partial charge >= 0.3 is 0 Å². The molecule has 0 rings (SSSR count). The molecule has 0 unspecified atom stereocenters. The average Bonchev–Trinajstić information content (AvgIpc) is 1.81. The van der Waals surface area contributed by atoms with Gasteiger partial charge in [-0.3, -0.25) is 5.84 Å². The predicted molar refractivity (Wildman–Crippen MR) is 29.8 cm³/mol. The van der Waals surface area contributed by atoms with Gasteiger partial charge in [0.05, 0.1) is 0 Å². The Morgan fingerprint density at radius 2 is 2.25 bits per heavy atom. The van der Waals surface area contributed by atoms with Crippen molar-refractivity contribution in [3.63, 3.8) is 0 Å². The van der Waals surface area contributed by atoms with Crippen molar-refractivity contribution in [2.75, 3.05) is 20.1 Å². The van der Waals surface area contributed by atoms with Crippen LogP contribution in [0.3, 0.4) is 0 Å². The van der Waals surface area contributed by atoms with Crippen molar-refractivity contribution in [3.8, 4) is 0 Å². The Hall–Kier alpha value is -0.160. The third-order valence-electron chi connectivity index (χ3n) is 0.556. The van der Waals surface area contributed by atoms with E-state index in [-0.39, 0.29) is 0 Å². The topological polar surface area (TPSA) is 56.5 Å². The van der Waals surface area contributed by atoms with E-state index < -0.39 is 0 Å². The minimum atomic E-state index is 0.306. The Bertz CT molecular complexity index is 37.0. The Labute approximate surface area is 48.9 Å². The number of ether oxygens (including phenoxy) is 2. The van der Waals surface area contributed by atoms with Gasteiger partial charge in [-0.05, 0) is 6.92 Å². The van der Waals surface area contributed by atoms with Gasteiger partial charge in [-0.25, -0.2) is 5.43 Å². The van der Waals surface area contributed by atoms with Gasteiger partial charge in [0.15, 0.2) is 0 Å². The quantitative estimate of drug-likeness (QED) is 0.220. The molecule has 0 heterocycles. The highest BCUT2D eigenvalue weighted by Crippen LogP contribution is 1.72. The summed E-state index contributed by atoms with van der Waals surface area (Å²) in [5.41, 5.74) is 2.32. The molecule has 4 nitrogen and oxygen atoms in total. The molecule has 0 aromatic carbocycles. The maximum Gasteiger partial charge on any atom is 0.148 e. The minimum absolute atomic E-state index is 0.306. The van der Waals surface area contributed by atoms with E-state index in [2.05, 4.69) is 5.43 Å². The van der Waals surface area contributed by atoms with Gasteiger partial charge in [0.2, 0.25) is 0 Å². The van der Waals surface area contributed by atoms with Crippen molar-refractivity contribution in [2.45, 2.75) is 6.92 Å². The molecule has 50 valence electrons. The number of nitrogens with one attached hydrogen (secondary N) is 1. The molecule has 0 atom stereocenters. The average molecular weight is 120 g/mol. The standard InChI is InChI=1S/C4H12N2O2/c1-2-7-4-8-3-6-5/h6H,2-5H2,1H3. The van der Waals surface area contributed by atoms with E-state index in [1.54, 1.807) is 0 Å². The van der Waals surface area contributed by atoms with Gasteiger partial charge in [-0.15, -0.1) is 0 Å². The lowest BCUT2D eigenvalue weighted by Gasteiger charge is -2.00. The fraction of sp³-hybridized carbons (Fsp3) is 1.00. The van der Waals surface area contributed by atoms with Crippen LogP contribution in [0.5, 0.6) is 0 Å². The van der Waals surface area contributed by atoms with Crippen LogP contribution in [0, 0.1) is 0 Å².